The number of aromatic nitrogens is 2. The maximum absolute atomic E-state index is 4.42. The molecule has 0 fully saturated rings. The number of unbranched alkanes of at least 4 members (excludes halogenated alkanes) is 4. The quantitative estimate of drug-likeness (QED) is 0.594. The SMILES string of the molecule is CCCCCCn1ccnc1CCCC. The minimum atomic E-state index is 1.14. The molecule has 0 saturated heterocycles. The second-order valence-corrected chi connectivity index (χ2v) is 4.20. The first-order valence-electron chi connectivity index (χ1n) is 6.38. The van der Waals surface area contributed by atoms with Gasteiger partial charge >= 0.3 is 0 Å². The molecule has 0 atom stereocenters. The predicted octanol–water partition coefficient (Wildman–Crippen LogP) is 3.81. The smallest absolute Gasteiger partial charge is 0.108 e. The van der Waals surface area contributed by atoms with Crippen LogP contribution in [0.15, 0.2) is 12.4 Å². The van der Waals surface area contributed by atoms with E-state index in [0.29, 0.717) is 0 Å². The van der Waals surface area contributed by atoms with E-state index in [1.807, 2.05) is 6.20 Å². The third kappa shape index (κ3) is 4.50. The molecule has 0 spiro atoms. The molecule has 0 amide bonds. The van der Waals surface area contributed by atoms with Crippen LogP contribution in [-0.2, 0) is 13.0 Å². The lowest BCUT2D eigenvalue weighted by molar-refractivity contribution is 0.559. The lowest BCUT2D eigenvalue weighted by Gasteiger charge is -2.06. The fourth-order valence-electron chi connectivity index (χ4n) is 1.82. The van der Waals surface area contributed by atoms with Gasteiger partial charge in [-0.15, -0.1) is 0 Å². The summed E-state index contributed by atoms with van der Waals surface area (Å²) >= 11 is 0. The van der Waals surface area contributed by atoms with Crippen LogP contribution in [-0.4, -0.2) is 9.55 Å². The van der Waals surface area contributed by atoms with Crippen molar-refractivity contribution in [1.29, 1.82) is 0 Å². The molecule has 0 N–H and O–H groups in total. The summed E-state index contributed by atoms with van der Waals surface area (Å²) in [6.45, 7) is 5.64. The van der Waals surface area contributed by atoms with Crippen molar-refractivity contribution in [2.45, 2.75) is 65.3 Å². The summed E-state index contributed by atoms with van der Waals surface area (Å²) in [5.41, 5.74) is 0. The highest BCUT2D eigenvalue weighted by atomic mass is 15.1. The average molecular weight is 208 g/mol. The van der Waals surface area contributed by atoms with Crippen LogP contribution >= 0.6 is 0 Å². The van der Waals surface area contributed by atoms with Crippen LogP contribution in [0.1, 0.15) is 58.2 Å². The van der Waals surface area contributed by atoms with E-state index in [4.69, 9.17) is 0 Å². The molecule has 1 heterocycles. The van der Waals surface area contributed by atoms with Crippen molar-refractivity contribution in [1.82, 2.24) is 9.55 Å². The molecule has 0 aliphatic carbocycles. The monoisotopic (exact) mass is 208 g/mol. The van der Waals surface area contributed by atoms with Crippen molar-refractivity contribution in [3.05, 3.63) is 18.2 Å². The Morgan fingerprint density at radius 1 is 1.07 bits per heavy atom. The molecule has 0 aliphatic rings. The van der Waals surface area contributed by atoms with Crippen molar-refractivity contribution in [3.8, 4) is 0 Å². The topological polar surface area (TPSA) is 17.8 Å². The zero-order valence-electron chi connectivity index (χ0n) is 10.2. The zero-order chi connectivity index (χ0) is 10.9. The number of rotatable bonds is 8. The van der Waals surface area contributed by atoms with Gasteiger partial charge in [0.05, 0.1) is 0 Å². The standard InChI is InChI=1S/C13H24N2/c1-3-5-7-8-11-15-12-10-14-13(15)9-6-4-2/h10,12H,3-9,11H2,1-2H3. The second-order valence-electron chi connectivity index (χ2n) is 4.20. The van der Waals surface area contributed by atoms with E-state index in [1.54, 1.807) is 0 Å². The highest BCUT2D eigenvalue weighted by Crippen LogP contribution is 2.07. The first-order chi connectivity index (χ1) is 7.38. The predicted molar refractivity (Wildman–Crippen MR) is 65.0 cm³/mol. The maximum atomic E-state index is 4.42. The van der Waals surface area contributed by atoms with E-state index in [0.717, 1.165) is 13.0 Å². The maximum Gasteiger partial charge on any atom is 0.108 e. The molecular weight excluding hydrogens is 184 g/mol. The third-order valence-corrected chi connectivity index (χ3v) is 2.81. The number of hydrogen-bond acceptors (Lipinski definition) is 1. The molecule has 1 aromatic heterocycles. The number of aryl methyl sites for hydroxylation is 2. The van der Waals surface area contributed by atoms with Gasteiger partial charge in [0, 0.05) is 25.4 Å². The molecule has 0 saturated carbocycles. The Kier molecular flexibility index (Phi) is 6.14. The van der Waals surface area contributed by atoms with Crippen molar-refractivity contribution in [2.24, 2.45) is 0 Å². The van der Waals surface area contributed by atoms with Crippen LogP contribution in [0.5, 0.6) is 0 Å². The molecule has 0 aromatic carbocycles. The molecular formula is C13H24N2. The fraction of sp³-hybridized carbons (Fsp3) is 0.769. The molecule has 1 rings (SSSR count). The van der Waals surface area contributed by atoms with Crippen LogP contribution in [0, 0.1) is 0 Å². The van der Waals surface area contributed by atoms with Crippen molar-refractivity contribution in [2.75, 3.05) is 0 Å². The van der Waals surface area contributed by atoms with Crippen molar-refractivity contribution < 1.29 is 0 Å². The van der Waals surface area contributed by atoms with Gasteiger partial charge in [-0.3, -0.25) is 0 Å². The first kappa shape index (κ1) is 12.3. The van der Waals surface area contributed by atoms with Crippen LogP contribution in [0.2, 0.25) is 0 Å². The number of nitrogens with zero attached hydrogens (tertiary/aromatic N) is 2. The average Bonchev–Trinajstić information content (AvgIpc) is 2.69. The molecule has 0 radical (unpaired) electrons. The van der Waals surface area contributed by atoms with E-state index in [2.05, 4.69) is 29.6 Å². The molecule has 2 heteroatoms. The van der Waals surface area contributed by atoms with Gasteiger partial charge < -0.3 is 4.57 Å². The largest absolute Gasteiger partial charge is 0.335 e. The summed E-state index contributed by atoms with van der Waals surface area (Å²) in [5.74, 6) is 1.27. The van der Waals surface area contributed by atoms with Gasteiger partial charge in [-0.05, 0) is 12.8 Å². The molecule has 2 nitrogen and oxygen atoms in total. The Morgan fingerprint density at radius 2 is 1.87 bits per heavy atom. The van der Waals surface area contributed by atoms with Crippen molar-refractivity contribution >= 4 is 0 Å². The number of hydrogen-bond donors (Lipinski definition) is 0. The summed E-state index contributed by atoms with van der Waals surface area (Å²) in [6, 6.07) is 0. The van der Waals surface area contributed by atoms with Gasteiger partial charge in [0.15, 0.2) is 0 Å². The molecule has 0 aliphatic heterocycles. The molecule has 86 valence electrons. The van der Waals surface area contributed by atoms with Crippen LogP contribution in [0.3, 0.4) is 0 Å². The minimum absolute atomic E-state index is 1.14. The van der Waals surface area contributed by atoms with Crippen molar-refractivity contribution in [3.63, 3.8) is 0 Å². The van der Waals surface area contributed by atoms with Gasteiger partial charge in [-0.2, -0.15) is 0 Å². The Morgan fingerprint density at radius 3 is 2.60 bits per heavy atom. The Bertz CT molecular complexity index is 253. The molecule has 0 bridgehead atoms. The van der Waals surface area contributed by atoms with Gasteiger partial charge in [-0.25, -0.2) is 4.98 Å². The van der Waals surface area contributed by atoms with E-state index in [9.17, 15) is 0 Å². The summed E-state index contributed by atoms with van der Waals surface area (Å²) in [7, 11) is 0. The third-order valence-electron chi connectivity index (χ3n) is 2.81. The minimum Gasteiger partial charge on any atom is -0.335 e. The first-order valence-corrected chi connectivity index (χ1v) is 6.38. The summed E-state index contributed by atoms with van der Waals surface area (Å²) in [5, 5.41) is 0. The fourth-order valence-corrected chi connectivity index (χ4v) is 1.82. The van der Waals surface area contributed by atoms with E-state index in [-0.39, 0.29) is 0 Å². The van der Waals surface area contributed by atoms with Gasteiger partial charge in [0.2, 0.25) is 0 Å². The van der Waals surface area contributed by atoms with Gasteiger partial charge in [0.25, 0.3) is 0 Å². The molecule has 0 unspecified atom stereocenters. The Balaban J connectivity index is 2.29. The zero-order valence-corrected chi connectivity index (χ0v) is 10.2. The Hall–Kier alpha value is -0.790. The number of imidazole rings is 1. The molecule has 15 heavy (non-hydrogen) atoms. The highest BCUT2D eigenvalue weighted by molar-refractivity contribution is 4.92. The lowest BCUT2D eigenvalue weighted by atomic mass is 10.2. The Labute approximate surface area is 93.7 Å². The van der Waals surface area contributed by atoms with Crippen LogP contribution in [0.4, 0.5) is 0 Å². The highest BCUT2D eigenvalue weighted by Gasteiger charge is 2.01. The summed E-state index contributed by atoms with van der Waals surface area (Å²) < 4.78 is 2.32. The normalized spacial score (nSPS) is 10.8. The van der Waals surface area contributed by atoms with E-state index >= 15 is 0 Å². The van der Waals surface area contributed by atoms with Crippen LogP contribution < -0.4 is 0 Å². The van der Waals surface area contributed by atoms with Gasteiger partial charge in [-0.1, -0.05) is 39.5 Å². The summed E-state index contributed by atoms with van der Waals surface area (Å²) in [6.07, 6.45) is 13.0. The second kappa shape index (κ2) is 7.49. The molecule has 1 aromatic rings. The van der Waals surface area contributed by atoms with Crippen LogP contribution in [0.25, 0.3) is 0 Å². The van der Waals surface area contributed by atoms with E-state index < -0.39 is 0 Å². The lowest BCUT2D eigenvalue weighted by Crippen LogP contribution is -2.03. The van der Waals surface area contributed by atoms with Gasteiger partial charge in [0.1, 0.15) is 5.82 Å². The summed E-state index contributed by atoms with van der Waals surface area (Å²) in [4.78, 5) is 4.42. The van der Waals surface area contributed by atoms with E-state index in [1.165, 1.54) is 44.3 Å².